The zero-order valence-electron chi connectivity index (χ0n) is 6.79. The SMILES string of the molecule is [B]B(C(=O)C(C)=O)C(=O)C(C)=O. The van der Waals surface area contributed by atoms with Crippen LogP contribution in [0.15, 0.2) is 0 Å². The summed E-state index contributed by atoms with van der Waals surface area (Å²) in [4.78, 5) is 42.3. The van der Waals surface area contributed by atoms with Crippen LogP contribution in [0.4, 0.5) is 0 Å². The first-order valence-electron chi connectivity index (χ1n) is 3.23. The van der Waals surface area contributed by atoms with Crippen LogP contribution in [0, 0.1) is 0 Å². The molecule has 0 aliphatic carbocycles. The van der Waals surface area contributed by atoms with E-state index in [0.717, 1.165) is 13.8 Å². The number of Topliss-reactive ketones (excluding diaryl/α,β-unsaturated/α-hetero) is 2. The fourth-order valence-corrected chi connectivity index (χ4v) is 0.557. The van der Waals surface area contributed by atoms with Crippen molar-refractivity contribution in [3.8, 4) is 0 Å². The van der Waals surface area contributed by atoms with E-state index in [4.69, 9.17) is 7.74 Å². The lowest BCUT2D eigenvalue weighted by molar-refractivity contribution is -0.133. The van der Waals surface area contributed by atoms with Crippen LogP contribution < -0.4 is 0 Å². The third-order valence-electron chi connectivity index (χ3n) is 1.26. The van der Waals surface area contributed by atoms with Gasteiger partial charge in [0.25, 0.3) is 6.60 Å². The van der Waals surface area contributed by atoms with Crippen molar-refractivity contribution in [1.82, 2.24) is 0 Å². The van der Waals surface area contributed by atoms with Gasteiger partial charge in [-0.1, -0.05) is 0 Å². The maximum absolute atomic E-state index is 10.7. The normalized spacial score (nSPS) is 8.83. The van der Waals surface area contributed by atoms with Crippen molar-refractivity contribution in [2.75, 3.05) is 0 Å². The quantitative estimate of drug-likeness (QED) is 0.376. The summed E-state index contributed by atoms with van der Waals surface area (Å²) in [7, 11) is 5.02. The first kappa shape index (κ1) is 10.8. The smallest absolute Gasteiger partial charge is 0.272 e. The molecular weight excluding hydrogens is 158 g/mol. The third-order valence-corrected chi connectivity index (χ3v) is 1.26. The molecule has 4 nitrogen and oxygen atoms in total. The molecule has 0 aliphatic rings. The molecule has 0 fully saturated rings. The van der Waals surface area contributed by atoms with E-state index >= 15 is 0 Å². The summed E-state index contributed by atoms with van der Waals surface area (Å²) in [6.07, 6.45) is 0. The van der Waals surface area contributed by atoms with E-state index in [0.29, 0.717) is 0 Å². The van der Waals surface area contributed by atoms with E-state index in [2.05, 4.69) is 0 Å². The molecule has 0 atom stereocenters. The van der Waals surface area contributed by atoms with Crippen LogP contribution in [-0.4, -0.2) is 37.3 Å². The van der Waals surface area contributed by atoms with E-state index in [1.54, 1.807) is 0 Å². The van der Waals surface area contributed by atoms with E-state index in [1.165, 1.54) is 0 Å². The Balaban J connectivity index is 4.51. The summed E-state index contributed by atoms with van der Waals surface area (Å²) in [6, 6.07) is 0. The van der Waals surface area contributed by atoms with Crippen molar-refractivity contribution in [2.24, 2.45) is 0 Å². The first-order valence-corrected chi connectivity index (χ1v) is 3.23. The molecule has 0 spiro atoms. The highest BCUT2D eigenvalue weighted by molar-refractivity contribution is 7.42. The molecule has 0 aromatic heterocycles. The minimum Gasteiger partial charge on any atom is -0.303 e. The van der Waals surface area contributed by atoms with Gasteiger partial charge in [0.2, 0.25) is 0 Å². The Morgan fingerprint density at radius 3 is 1.33 bits per heavy atom. The second-order valence-electron chi connectivity index (χ2n) is 2.32. The summed E-state index contributed by atoms with van der Waals surface area (Å²) in [5.74, 6) is -1.64. The molecule has 60 valence electrons. The molecule has 0 aromatic rings. The standard InChI is InChI=1S/C6H6B2O4/c1-3(9)5(11)8(7)6(12)4(2)10/h1-2H3. The number of carbonyl (C=O) groups excluding carboxylic acids is 4. The topological polar surface area (TPSA) is 68.3 Å². The minimum absolute atomic E-state index is 0.822. The summed E-state index contributed by atoms with van der Waals surface area (Å²) >= 11 is 0. The second-order valence-corrected chi connectivity index (χ2v) is 2.32. The van der Waals surface area contributed by atoms with Gasteiger partial charge in [0.1, 0.15) is 0 Å². The molecule has 0 bridgehead atoms. The molecule has 0 N–H and O–H groups in total. The maximum Gasteiger partial charge on any atom is 0.272 e. The Hall–Kier alpha value is -1.19. The highest BCUT2D eigenvalue weighted by Gasteiger charge is 2.30. The lowest BCUT2D eigenvalue weighted by Gasteiger charge is -1.99. The highest BCUT2D eigenvalue weighted by atomic mass is 16.2. The average molecular weight is 164 g/mol. The van der Waals surface area contributed by atoms with Crippen molar-refractivity contribution in [2.45, 2.75) is 13.8 Å². The first-order chi connectivity index (χ1) is 5.37. The van der Waals surface area contributed by atoms with E-state index in [1.807, 2.05) is 0 Å². The monoisotopic (exact) mass is 164 g/mol. The summed E-state index contributed by atoms with van der Waals surface area (Å²) in [5, 5.41) is 0. The summed E-state index contributed by atoms with van der Waals surface area (Å²) in [5.41, 5.74) is -2.06. The number of hydrogen-bond donors (Lipinski definition) is 0. The fraction of sp³-hybridized carbons (Fsp3) is 0.333. The van der Waals surface area contributed by atoms with Crippen molar-refractivity contribution < 1.29 is 19.2 Å². The van der Waals surface area contributed by atoms with Crippen LogP contribution in [0.5, 0.6) is 0 Å². The predicted octanol–water partition coefficient (Wildman–Crippen LogP) is -1.46. The zero-order valence-corrected chi connectivity index (χ0v) is 6.79. The molecule has 0 aliphatic heterocycles. The average Bonchev–Trinajstić information content (AvgIpc) is 2.00. The Labute approximate surface area is 71.2 Å². The van der Waals surface area contributed by atoms with Crippen molar-refractivity contribution in [3.63, 3.8) is 0 Å². The minimum atomic E-state index is -1.63. The fourth-order valence-electron chi connectivity index (χ4n) is 0.557. The molecular formula is C6H6B2O4. The Kier molecular flexibility index (Phi) is 3.60. The number of rotatable bonds is 4. The van der Waals surface area contributed by atoms with Gasteiger partial charge < -0.3 is 9.59 Å². The lowest BCUT2D eigenvalue weighted by Crippen LogP contribution is -2.43. The highest BCUT2D eigenvalue weighted by Crippen LogP contribution is 1.86. The second kappa shape index (κ2) is 3.99. The molecule has 0 saturated heterocycles. The molecule has 6 heteroatoms. The van der Waals surface area contributed by atoms with Gasteiger partial charge in [-0.3, -0.25) is 9.59 Å². The van der Waals surface area contributed by atoms with E-state index in [-0.39, 0.29) is 0 Å². The van der Waals surface area contributed by atoms with Gasteiger partial charge in [0.15, 0.2) is 22.9 Å². The molecule has 0 heterocycles. The van der Waals surface area contributed by atoms with Gasteiger partial charge in [-0.2, -0.15) is 0 Å². The van der Waals surface area contributed by atoms with Crippen LogP contribution in [0.1, 0.15) is 13.8 Å². The molecule has 12 heavy (non-hydrogen) atoms. The van der Waals surface area contributed by atoms with Gasteiger partial charge in [-0.15, -0.1) is 0 Å². The molecule has 0 saturated carbocycles. The lowest BCUT2D eigenvalue weighted by atomic mass is 9.27. The molecule has 0 aromatic carbocycles. The van der Waals surface area contributed by atoms with E-state index in [9.17, 15) is 19.2 Å². The summed E-state index contributed by atoms with van der Waals surface area (Å²) < 4.78 is 0. The molecule has 2 radical (unpaired) electrons. The Bertz CT molecular complexity index is 232. The summed E-state index contributed by atoms with van der Waals surface area (Å²) in [6.45, 7) is 0.366. The molecule has 0 amide bonds. The number of carbonyl (C=O) groups is 4. The number of ketones is 2. The van der Waals surface area contributed by atoms with Crippen LogP contribution >= 0.6 is 0 Å². The zero-order chi connectivity index (χ0) is 9.89. The third kappa shape index (κ3) is 2.45. The van der Waals surface area contributed by atoms with Crippen LogP contribution in [0.2, 0.25) is 0 Å². The molecule has 0 rings (SSSR count). The molecule has 0 unspecified atom stereocenters. The van der Waals surface area contributed by atoms with Gasteiger partial charge in [-0.05, 0) is 0 Å². The van der Waals surface area contributed by atoms with Crippen molar-refractivity contribution >= 4 is 37.3 Å². The van der Waals surface area contributed by atoms with Crippen molar-refractivity contribution in [3.05, 3.63) is 0 Å². The van der Waals surface area contributed by atoms with Gasteiger partial charge in [-0.25, -0.2) is 0 Å². The Morgan fingerprint density at radius 1 is 0.917 bits per heavy atom. The Morgan fingerprint density at radius 2 is 1.17 bits per heavy atom. The van der Waals surface area contributed by atoms with Gasteiger partial charge in [0, 0.05) is 21.6 Å². The van der Waals surface area contributed by atoms with Gasteiger partial charge >= 0.3 is 0 Å². The largest absolute Gasteiger partial charge is 0.303 e. The predicted molar refractivity (Wildman–Crippen MR) is 42.9 cm³/mol. The van der Waals surface area contributed by atoms with Crippen molar-refractivity contribution in [1.29, 1.82) is 0 Å². The van der Waals surface area contributed by atoms with Gasteiger partial charge in [0.05, 0.1) is 0 Å². The van der Waals surface area contributed by atoms with Crippen LogP contribution in [0.25, 0.3) is 0 Å². The van der Waals surface area contributed by atoms with E-state index < -0.39 is 29.5 Å². The van der Waals surface area contributed by atoms with Crippen LogP contribution in [0.3, 0.4) is 0 Å². The van der Waals surface area contributed by atoms with Crippen LogP contribution in [-0.2, 0) is 19.2 Å². The number of hydrogen-bond acceptors (Lipinski definition) is 4. The maximum atomic E-state index is 10.7.